The number of oxazole rings is 1. The maximum absolute atomic E-state index is 11.8. The van der Waals surface area contributed by atoms with Crippen LogP contribution in [0.4, 0.5) is 11.4 Å². The Bertz CT molecular complexity index is 996. The predicted octanol–water partition coefficient (Wildman–Crippen LogP) is 3.84. The number of nitrogens with zero attached hydrogens (tertiary/aromatic N) is 4. The SMILES string of the molecule is CN(C)S(=O)(=O)Nc1ccc(CN=Nc2ccc(-c3cnco3)cc2)cc1. The van der Waals surface area contributed by atoms with Crippen LogP contribution in [0.5, 0.6) is 0 Å². The highest BCUT2D eigenvalue weighted by molar-refractivity contribution is 7.90. The first-order valence-electron chi connectivity index (χ1n) is 8.10. The Labute approximate surface area is 157 Å². The normalized spacial score (nSPS) is 12.0. The van der Waals surface area contributed by atoms with Crippen molar-refractivity contribution in [3.63, 3.8) is 0 Å². The van der Waals surface area contributed by atoms with Crippen LogP contribution < -0.4 is 4.72 Å². The summed E-state index contributed by atoms with van der Waals surface area (Å²) >= 11 is 0. The summed E-state index contributed by atoms with van der Waals surface area (Å²) in [5.41, 5.74) is 3.06. The number of nitrogens with one attached hydrogen (secondary N) is 1. The summed E-state index contributed by atoms with van der Waals surface area (Å²) in [7, 11) is -0.571. The van der Waals surface area contributed by atoms with Gasteiger partial charge in [0.25, 0.3) is 0 Å². The monoisotopic (exact) mass is 385 g/mol. The third-order valence-corrected chi connectivity index (χ3v) is 5.16. The molecule has 9 heteroatoms. The molecule has 0 aliphatic rings. The van der Waals surface area contributed by atoms with Crippen molar-refractivity contribution in [3.05, 3.63) is 66.7 Å². The van der Waals surface area contributed by atoms with Crippen LogP contribution in [0.25, 0.3) is 11.3 Å². The summed E-state index contributed by atoms with van der Waals surface area (Å²) in [4.78, 5) is 3.89. The molecular weight excluding hydrogens is 366 g/mol. The highest BCUT2D eigenvalue weighted by atomic mass is 32.2. The molecule has 1 heterocycles. The number of rotatable bonds is 7. The van der Waals surface area contributed by atoms with E-state index in [-0.39, 0.29) is 0 Å². The molecule has 0 saturated carbocycles. The molecule has 0 fully saturated rings. The van der Waals surface area contributed by atoms with Crippen LogP contribution in [0.15, 0.2) is 75.8 Å². The van der Waals surface area contributed by atoms with Crippen molar-refractivity contribution >= 4 is 21.6 Å². The molecule has 3 rings (SSSR count). The first-order valence-corrected chi connectivity index (χ1v) is 9.54. The molecule has 140 valence electrons. The number of anilines is 1. The van der Waals surface area contributed by atoms with E-state index in [2.05, 4.69) is 19.9 Å². The maximum atomic E-state index is 11.8. The van der Waals surface area contributed by atoms with Gasteiger partial charge >= 0.3 is 10.2 Å². The summed E-state index contributed by atoms with van der Waals surface area (Å²) in [6.45, 7) is 0.393. The quantitative estimate of drug-likeness (QED) is 0.624. The lowest BCUT2D eigenvalue weighted by Gasteiger charge is -2.13. The third-order valence-electron chi connectivity index (χ3n) is 3.71. The fourth-order valence-electron chi connectivity index (χ4n) is 2.17. The Hall–Kier alpha value is -3.04. The van der Waals surface area contributed by atoms with E-state index in [1.807, 2.05) is 24.3 Å². The minimum atomic E-state index is -3.51. The first kappa shape index (κ1) is 18.7. The second-order valence-electron chi connectivity index (χ2n) is 5.90. The highest BCUT2D eigenvalue weighted by Crippen LogP contribution is 2.22. The molecule has 0 radical (unpaired) electrons. The van der Waals surface area contributed by atoms with Gasteiger partial charge in [-0.2, -0.15) is 23.0 Å². The zero-order chi connectivity index (χ0) is 19.3. The molecule has 0 unspecified atom stereocenters. The molecule has 0 spiro atoms. The Morgan fingerprint density at radius 1 is 1.07 bits per heavy atom. The Morgan fingerprint density at radius 2 is 1.78 bits per heavy atom. The van der Waals surface area contributed by atoms with Gasteiger partial charge in [-0.3, -0.25) is 4.72 Å². The molecule has 0 saturated heterocycles. The highest BCUT2D eigenvalue weighted by Gasteiger charge is 2.12. The van der Waals surface area contributed by atoms with Crippen molar-refractivity contribution in [1.82, 2.24) is 9.29 Å². The van der Waals surface area contributed by atoms with Crippen LogP contribution >= 0.6 is 0 Å². The topological polar surface area (TPSA) is 100 Å². The van der Waals surface area contributed by atoms with Crippen molar-refractivity contribution in [2.24, 2.45) is 10.2 Å². The van der Waals surface area contributed by atoms with E-state index in [1.54, 1.807) is 30.5 Å². The lowest BCUT2D eigenvalue weighted by Crippen LogP contribution is -2.28. The summed E-state index contributed by atoms with van der Waals surface area (Å²) < 4.78 is 32.4. The van der Waals surface area contributed by atoms with Crippen LogP contribution in [-0.2, 0) is 16.8 Å². The van der Waals surface area contributed by atoms with Crippen LogP contribution in [0.1, 0.15) is 5.56 Å². The molecule has 1 aromatic heterocycles. The zero-order valence-electron chi connectivity index (χ0n) is 14.9. The van der Waals surface area contributed by atoms with Gasteiger partial charge in [0.15, 0.2) is 12.2 Å². The molecule has 3 aromatic rings. The first-order chi connectivity index (χ1) is 12.9. The summed E-state index contributed by atoms with van der Waals surface area (Å²) in [6, 6.07) is 14.5. The second kappa shape index (κ2) is 8.11. The molecule has 0 aliphatic heterocycles. The van der Waals surface area contributed by atoms with Crippen LogP contribution in [0, 0.1) is 0 Å². The molecule has 27 heavy (non-hydrogen) atoms. The predicted molar refractivity (Wildman–Crippen MR) is 103 cm³/mol. The number of azo groups is 1. The van der Waals surface area contributed by atoms with Crippen LogP contribution in [-0.4, -0.2) is 31.8 Å². The average molecular weight is 385 g/mol. The second-order valence-corrected chi connectivity index (χ2v) is 7.78. The Balaban J connectivity index is 1.58. The van der Waals surface area contributed by atoms with Gasteiger partial charge in [0, 0.05) is 25.3 Å². The molecule has 8 nitrogen and oxygen atoms in total. The fourth-order valence-corrected chi connectivity index (χ4v) is 2.78. The van der Waals surface area contributed by atoms with Gasteiger partial charge in [0.05, 0.1) is 18.4 Å². The van der Waals surface area contributed by atoms with Gasteiger partial charge in [0.1, 0.15) is 0 Å². The number of aromatic nitrogens is 1. The van der Waals surface area contributed by atoms with Crippen molar-refractivity contribution in [2.45, 2.75) is 6.54 Å². The molecule has 0 amide bonds. The maximum Gasteiger partial charge on any atom is 0.301 e. The van der Waals surface area contributed by atoms with Gasteiger partial charge in [-0.25, -0.2) is 4.98 Å². The fraction of sp³-hybridized carbons (Fsp3) is 0.167. The molecule has 0 aliphatic carbocycles. The van der Waals surface area contributed by atoms with Gasteiger partial charge in [-0.1, -0.05) is 12.1 Å². The minimum absolute atomic E-state index is 0.393. The van der Waals surface area contributed by atoms with Crippen LogP contribution in [0.2, 0.25) is 0 Å². The van der Waals surface area contributed by atoms with Gasteiger partial charge in [-0.05, 0) is 42.0 Å². The average Bonchev–Trinajstić information content (AvgIpc) is 3.18. The van der Waals surface area contributed by atoms with Crippen molar-refractivity contribution in [3.8, 4) is 11.3 Å². The van der Waals surface area contributed by atoms with Crippen molar-refractivity contribution in [2.75, 3.05) is 18.8 Å². The van der Waals surface area contributed by atoms with Crippen molar-refractivity contribution < 1.29 is 12.8 Å². The third kappa shape index (κ3) is 4.99. The minimum Gasteiger partial charge on any atom is -0.444 e. The lowest BCUT2D eigenvalue weighted by atomic mass is 10.2. The molecule has 2 aromatic carbocycles. The van der Waals surface area contributed by atoms with E-state index in [9.17, 15) is 8.42 Å². The Kier molecular flexibility index (Phi) is 5.63. The molecule has 0 bridgehead atoms. The zero-order valence-corrected chi connectivity index (χ0v) is 15.7. The Morgan fingerprint density at radius 3 is 2.37 bits per heavy atom. The number of hydrogen-bond donors (Lipinski definition) is 1. The van der Waals surface area contributed by atoms with E-state index < -0.39 is 10.2 Å². The molecule has 1 N–H and O–H groups in total. The van der Waals surface area contributed by atoms with Gasteiger partial charge in [0.2, 0.25) is 0 Å². The summed E-state index contributed by atoms with van der Waals surface area (Å²) in [5.74, 6) is 0.698. The van der Waals surface area contributed by atoms with E-state index in [1.165, 1.54) is 20.5 Å². The van der Waals surface area contributed by atoms with Crippen LogP contribution in [0.3, 0.4) is 0 Å². The van der Waals surface area contributed by atoms with E-state index in [0.717, 1.165) is 21.1 Å². The van der Waals surface area contributed by atoms with E-state index in [0.29, 0.717) is 18.0 Å². The summed E-state index contributed by atoms with van der Waals surface area (Å²) in [6.07, 6.45) is 3.04. The standard InChI is InChI=1S/C18H19N5O3S/c1-23(2)27(24,25)22-17-7-3-14(4-8-17)11-20-21-16-9-5-15(6-10-16)18-12-19-13-26-18/h3-10,12-13,22H,11H2,1-2H3. The molecular formula is C18H19N5O3S. The van der Waals surface area contributed by atoms with Crippen molar-refractivity contribution in [1.29, 1.82) is 0 Å². The smallest absolute Gasteiger partial charge is 0.301 e. The van der Waals surface area contributed by atoms with Gasteiger partial charge < -0.3 is 4.42 Å². The number of benzene rings is 2. The summed E-state index contributed by atoms with van der Waals surface area (Å²) in [5, 5.41) is 8.37. The van der Waals surface area contributed by atoms with E-state index in [4.69, 9.17) is 4.42 Å². The number of hydrogen-bond acceptors (Lipinski definition) is 6. The lowest BCUT2D eigenvalue weighted by molar-refractivity contribution is 0.527. The molecule has 0 atom stereocenters. The largest absolute Gasteiger partial charge is 0.444 e. The van der Waals surface area contributed by atoms with E-state index >= 15 is 0 Å². The van der Waals surface area contributed by atoms with Gasteiger partial charge in [-0.15, -0.1) is 0 Å².